The van der Waals surface area contributed by atoms with Gasteiger partial charge < -0.3 is 29.6 Å². The molecule has 1 heterocycles. The largest absolute Gasteiger partial charge is 0.496 e. The lowest BCUT2D eigenvalue weighted by atomic mass is 10.1. The van der Waals surface area contributed by atoms with Gasteiger partial charge in [0.15, 0.2) is 5.69 Å². The number of nitrogens with one attached hydrogen (secondary N) is 2. The van der Waals surface area contributed by atoms with Crippen molar-refractivity contribution in [3.63, 3.8) is 0 Å². The SMILES string of the molecule is COC(=O)[C@H](CCCCNC(=O)OC(C)(C)C)NC(=O)c1cc(-c2c(OC)cccc2OC)n(Cc2ccc3ccccc3c2)n1. The van der Waals surface area contributed by atoms with E-state index in [1.54, 1.807) is 45.7 Å². The van der Waals surface area contributed by atoms with E-state index in [0.717, 1.165) is 16.3 Å². The molecule has 0 radical (unpaired) electrons. The van der Waals surface area contributed by atoms with Crippen LogP contribution in [0.1, 0.15) is 56.1 Å². The minimum Gasteiger partial charge on any atom is -0.496 e. The first-order valence-corrected chi connectivity index (χ1v) is 15.2. The molecule has 0 saturated heterocycles. The molecule has 2 amide bonds. The number of aromatic nitrogens is 2. The highest BCUT2D eigenvalue weighted by Crippen LogP contribution is 2.39. The summed E-state index contributed by atoms with van der Waals surface area (Å²) in [5.74, 6) is 0.00196. The zero-order valence-corrected chi connectivity index (χ0v) is 27.2. The molecule has 1 aromatic heterocycles. The monoisotopic (exact) mass is 630 g/mol. The van der Waals surface area contributed by atoms with Gasteiger partial charge in [0.25, 0.3) is 5.91 Å². The van der Waals surface area contributed by atoms with E-state index in [1.807, 2.05) is 42.5 Å². The van der Waals surface area contributed by atoms with Crippen LogP contribution in [0.3, 0.4) is 0 Å². The van der Waals surface area contributed by atoms with Crippen LogP contribution in [0.2, 0.25) is 0 Å². The average Bonchev–Trinajstić information content (AvgIpc) is 3.45. The number of nitrogens with zero attached hydrogens (tertiary/aromatic N) is 2. The van der Waals surface area contributed by atoms with Gasteiger partial charge in [-0.3, -0.25) is 9.48 Å². The van der Waals surface area contributed by atoms with Crippen molar-refractivity contribution in [1.82, 2.24) is 20.4 Å². The summed E-state index contributed by atoms with van der Waals surface area (Å²) in [6.45, 7) is 6.09. The lowest BCUT2D eigenvalue weighted by Gasteiger charge is -2.19. The Morgan fingerprint density at radius 1 is 0.870 bits per heavy atom. The number of fused-ring (bicyclic) bond motifs is 1. The number of rotatable bonds is 13. The van der Waals surface area contributed by atoms with E-state index in [4.69, 9.17) is 18.9 Å². The third kappa shape index (κ3) is 8.77. The summed E-state index contributed by atoms with van der Waals surface area (Å²) in [6, 6.07) is 20.5. The number of ether oxygens (including phenoxy) is 4. The highest BCUT2D eigenvalue weighted by molar-refractivity contribution is 5.96. The Bertz CT molecular complexity index is 1650. The molecule has 11 nitrogen and oxygen atoms in total. The summed E-state index contributed by atoms with van der Waals surface area (Å²) in [4.78, 5) is 38.1. The molecule has 1 atom stereocenters. The zero-order valence-electron chi connectivity index (χ0n) is 27.2. The number of amides is 2. The van der Waals surface area contributed by atoms with E-state index in [0.29, 0.717) is 55.1 Å². The molecule has 4 aromatic rings. The molecule has 0 aliphatic rings. The van der Waals surface area contributed by atoms with Crippen LogP contribution in [-0.4, -0.2) is 67.3 Å². The van der Waals surface area contributed by atoms with Crippen LogP contribution in [0.5, 0.6) is 11.5 Å². The minimum absolute atomic E-state index is 0.115. The fraction of sp³-hybridized carbons (Fsp3) is 0.371. The third-order valence-electron chi connectivity index (χ3n) is 7.22. The van der Waals surface area contributed by atoms with Crippen LogP contribution in [-0.2, 0) is 20.8 Å². The highest BCUT2D eigenvalue weighted by atomic mass is 16.6. The van der Waals surface area contributed by atoms with Crippen LogP contribution in [0.4, 0.5) is 4.79 Å². The lowest BCUT2D eigenvalue weighted by Crippen LogP contribution is -2.41. The maximum Gasteiger partial charge on any atom is 0.407 e. The van der Waals surface area contributed by atoms with Crippen LogP contribution in [0.25, 0.3) is 22.0 Å². The van der Waals surface area contributed by atoms with Gasteiger partial charge in [0.05, 0.1) is 39.1 Å². The molecule has 3 aromatic carbocycles. The van der Waals surface area contributed by atoms with Crippen molar-refractivity contribution in [3.05, 3.63) is 78.0 Å². The predicted octanol–water partition coefficient (Wildman–Crippen LogP) is 5.74. The molecule has 4 rings (SSSR count). The topological polar surface area (TPSA) is 130 Å². The summed E-state index contributed by atoms with van der Waals surface area (Å²) in [6.07, 6.45) is 0.905. The summed E-state index contributed by atoms with van der Waals surface area (Å²) in [5, 5.41) is 12.4. The zero-order chi connectivity index (χ0) is 33.3. The Balaban J connectivity index is 1.57. The molecular formula is C35H42N4O7. The number of esters is 1. The van der Waals surface area contributed by atoms with Crippen molar-refractivity contribution in [2.75, 3.05) is 27.9 Å². The first kappa shape index (κ1) is 33.8. The molecule has 0 aliphatic carbocycles. The number of unbranched alkanes of at least 4 members (excludes halogenated alkanes) is 1. The number of hydrogen-bond donors (Lipinski definition) is 2. The molecule has 0 unspecified atom stereocenters. The average molecular weight is 631 g/mol. The molecule has 2 N–H and O–H groups in total. The second kappa shape index (κ2) is 15.3. The maximum absolute atomic E-state index is 13.6. The number of carbonyl (C=O) groups is 3. The molecule has 0 bridgehead atoms. The Morgan fingerprint density at radius 2 is 1.57 bits per heavy atom. The van der Waals surface area contributed by atoms with Crippen molar-refractivity contribution >= 4 is 28.7 Å². The smallest absolute Gasteiger partial charge is 0.407 e. The molecular weight excluding hydrogens is 588 g/mol. The number of benzene rings is 3. The third-order valence-corrected chi connectivity index (χ3v) is 7.22. The Kier molecular flexibility index (Phi) is 11.2. The van der Waals surface area contributed by atoms with Gasteiger partial charge in [-0.2, -0.15) is 5.10 Å². The molecule has 0 aliphatic heterocycles. The Hall–Kier alpha value is -5.06. The van der Waals surface area contributed by atoms with E-state index in [9.17, 15) is 14.4 Å². The van der Waals surface area contributed by atoms with Gasteiger partial charge in [-0.1, -0.05) is 42.5 Å². The molecule has 0 fully saturated rings. The van der Waals surface area contributed by atoms with Gasteiger partial charge in [0.1, 0.15) is 23.1 Å². The minimum atomic E-state index is -0.908. The first-order chi connectivity index (χ1) is 22.0. The molecule has 0 spiro atoms. The molecule has 244 valence electrons. The van der Waals surface area contributed by atoms with Crippen molar-refractivity contribution in [2.24, 2.45) is 0 Å². The standard InChI is InChI=1S/C35H42N4O7/c1-35(2,3)46-34(42)36-19-10-9-14-26(33(41)45-6)37-32(40)27-21-28(31-29(43-4)15-11-16-30(31)44-5)39(38-27)22-23-17-18-24-12-7-8-13-25(24)20-23/h7-8,11-13,15-18,20-21,26H,9-10,14,19,22H2,1-6H3,(H,36,42)(H,37,40)/t26-/m0/s1. The van der Waals surface area contributed by atoms with Crippen molar-refractivity contribution in [3.8, 4) is 22.8 Å². The molecule has 11 heteroatoms. The van der Waals surface area contributed by atoms with Crippen molar-refractivity contribution in [1.29, 1.82) is 0 Å². The summed E-state index contributed by atoms with van der Waals surface area (Å²) < 4.78 is 23.3. The second-order valence-corrected chi connectivity index (χ2v) is 11.8. The van der Waals surface area contributed by atoms with Gasteiger partial charge in [-0.05, 0) is 80.6 Å². The van der Waals surface area contributed by atoms with Crippen LogP contribution in [0, 0.1) is 0 Å². The number of alkyl carbamates (subject to hydrolysis) is 1. The summed E-state index contributed by atoms with van der Waals surface area (Å²) in [5.41, 5.74) is 1.75. The molecule has 46 heavy (non-hydrogen) atoms. The second-order valence-electron chi connectivity index (χ2n) is 11.8. The number of hydrogen-bond acceptors (Lipinski definition) is 8. The summed E-state index contributed by atoms with van der Waals surface area (Å²) in [7, 11) is 4.41. The normalized spacial score (nSPS) is 11.9. The van der Waals surface area contributed by atoms with E-state index >= 15 is 0 Å². The van der Waals surface area contributed by atoms with E-state index < -0.39 is 29.6 Å². The van der Waals surface area contributed by atoms with Crippen LogP contribution < -0.4 is 20.1 Å². The molecule has 0 saturated carbocycles. The van der Waals surface area contributed by atoms with Gasteiger partial charge >= 0.3 is 12.1 Å². The predicted molar refractivity (Wildman–Crippen MR) is 175 cm³/mol. The van der Waals surface area contributed by atoms with Crippen LogP contribution >= 0.6 is 0 Å². The van der Waals surface area contributed by atoms with E-state index in [-0.39, 0.29) is 5.69 Å². The maximum atomic E-state index is 13.6. The number of carbonyl (C=O) groups excluding carboxylic acids is 3. The van der Waals surface area contributed by atoms with E-state index in [1.165, 1.54) is 7.11 Å². The lowest BCUT2D eigenvalue weighted by molar-refractivity contribution is -0.143. The number of methoxy groups -OCH3 is 3. The Labute approximate surface area is 269 Å². The van der Waals surface area contributed by atoms with E-state index in [2.05, 4.69) is 33.9 Å². The first-order valence-electron chi connectivity index (χ1n) is 15.2. The fourth-order valence-corrected chi connectivity index (χ4v) is 5.06. The van der Waals surface area contributed by atoms with Crippen molar-refractivity contribution < 1.29 is 33.3 Å². The van der Waals surface area contributed by atoms with Crippen LogP contribution in [0.15, 0.2) is 66.7 Å². The Morgan fingerprint density at radius 3 is 2.22 bits per heavy atom. The van der Waals surface area contributed by atoms with Gasteiger partial charge in [-0.25, -0.2) is 9.59 Å². The van der Waals surface area contributed by atoms with Gasteiger partial charge in [-0.15, -0.1) is 0 Å². The van der Waals surface area contributed by atoms with Gasteiger partial charge in [0, 0.05) is 6.54 Å². The highest BCUT2D eigenvalue weighted by Gasteiger charge is 2.26. The van der Waals surface area contributed by atoms with Crippen molar-refractivity contribution in [2.45, 2.75) is 58.2 Å². The fourth-order valence-electron chi connectivity index (χ4n) is 5.06. The quantitative estimate of drug-likeness (QED) is 0.141. The van der Waals surface area contributed by atoms with Gasteiger partial charge in [0.2, 0.25) is 0 Å². The summed E-state index contributed by atoms with van der Waals surface area (Å²) >= 11 is 0.